The molecule has 2 heterocycles. The van der Waals surface area contributed by atoms with Crippen LogP contribution in [-0.2, 0) is 4.79 Å². The van der Waals surface area contributed by atoms with Crippen LogP contribution >= 0.6 is 0 Å². The van der Waals surface area contributed by atoms with Gasteiger partial charge in [0.05, 0.1) is 0 Å². The Morgan fingerprint density at radius 1 is 1.64 bits per heavy atom. The fourth-order valence-corrected chi connectivity index (χ4v) is 0.921. The molecule has 0 saturated heterocycles. The lowest BCUT2D eigenvalue weighted by Gasteiger charge is -2.15. The predicted molar refractivity (Wildman–Crippen MR) is 38.4 cm³/mol. The van der Waals surface area contributed by atoms with Gasteiger partial charge in [0.15, 0.2) is 6.61 Å². The van der Waals surface area contributed by atoms with E-state index >= 15 is 0 Å². The van der Waals surface area contributed by atoms with E-state index in [1.165, 1.54) is 0 Å². The third-order valence-electron chi connectivity index (χ3n) is 1.39. The number of amides is 1. The molecule has 1 aromatic heterocycles. The van der Waals surface area contributed by atoms with Crippen molar-refractivity contribution < 1.29 is 9.53 Å². The Morgan fingerprint density at radius 2 is 2.55 bits per heavy atom. The van der Waals surface area contributed by atoms with Gasteiger partial charge in [-0.2, -0.15) is 0 Å². The van der Waals surface area contributed by atoms with Crippen LogP contribution in [0.3, 0.4) is 0 Å². The lowest BCUT2D eigenvalue weighted by atomic mass is 10.3. The summed E-state index contributed by atoms with van der Waals surface area (Å²) in [7, 11) is 0. The van der Waals surface area contributed by atoms with Gasteiger partial charge in [-0.05, 0) is 12.1 Å². The van der Waals surface area contributed by atoms with E-state index in [1.807, 2.05) is 0 Å². The van der Waals surface area contributed by atoms with Crippen LogP contribution in [0.1, 0.15) is 0 Å². The smallest absolute Gasteiger partial charge is 0.262 e. The van der Waals surface area contributed by atoms with Crippen molar-refractivity contribution in [2.75, 3.05) is 11.9 Å². The van der Waals surface area contributed by atoms with Gasteiger partial charge in [0.2, 0.25) is 5.88 Å². The number of pyridine rings is 1. The van der Waals surface area contributed by atoms with Gasteiger partial charge in [-0.25, -0.2) is 4.98 Å². The number of carbonyl (C=O) groups is 1. The first-order valence-electron chi connectivity index (χ1n) is 3.24. The largest absolute Gasteiger partial charge is 0.466 e. The lowest BCUT2D eigenvalue weighted by molar-refractivity contribution is -0.118. The molecule has 0 saturated carbocycles. The predicted octanol–water partition coefficient (Wildman–Crippen LogP) is 0.412. The molecular weight excluding hydrogens is 144 g/mol. The number of anilines is 1. The Hall–Kier alpha value is -1.58. The SMILES string of the molecule is O=C1COc2ncccc2N1. The van der Waals surface area contributed by atoms with Crippen molar-refractivity contribution in [1.82, 2.24) is 4.98 Å². The molecule has 0 aromatic carbocycles. The Kier molecular flexibility index (Phi) is 1.25. The van der Waals surface area contributed by atoms with Crippen LogP contribution in [0.25, 0.3) is 0 Å². The molecule has 11 heavy (non-hydrogen) atoms. The lowest BCUT2D eigenvalue weighted by Crippen LogP contribution is -2.25. The van der Waals surface area contributed by atoms with Crippen molar-refractivity contribution in [1.29, 1.82) is 0 Å². The van der Waals surface area contributed by atoms with Crippen molar-refractivity contribution in [2.24, 2.45) is 0 Å². The molecule has 1 N–H and O–H groups in total. The van der Waals surface area contributed by atoms with E-state index in [2.05, 4.69) is 10.3 Å². The molecule has 4 nitrogen and oxygen atoms in total. The molecule has 0 bridgehead atoms. The summed E-state index contributed by atoms with van der Waals surface area (Å²) in [6, 6.07) is 3.49. The first-order chi connectivity index (χ1) is 5.36. The highest BCUT2D eigenvalue weighted by Gasteiger charge is 2.15. The molecule has 1 amide bonds. The zero-order chi connectivity index (χ0) is 7.68. The number of ether oxygens (including phenoxy) is 1. The summed E-state index contributed by atoms with van der Waals surface area (Å²) in [4.78, 5) is 14.7. The zero-order valence-electron chi connectivity index (χ0n) is 5.70. The average molecular weight is 150 g/mol. The fraction of sp³-hybridized carbons (Fsp3) is 0.143. The van der Waals surface area contributed by atoms with E-state index < -0.39 is 0 Å². The third kappa shape index (κ3) is 1.02. The summed E-state index contributed by atoms with van der Waals surface area (Å²) >= 11 is 0. The Balaban J connectivity index is 2.41. The number of carbonyl (C=O) groups excluding carboxylic acids is 1. The summed E-state index contributed by atoms with van der Waals surface area (Å²) in [6.07, 6.45) is 1.62. The molecule has 1 aliphatic rings. The summed E-state index contributed by atoms with van der Waals surface area (Å²) in [5.74, 6) is 0.359. The monoisotopic (exact) mass is 150 g/mol. The van der Waals surface area contributed by atoms with Gasteiger partial charge in [-0.3, -0.25) is 4.79 Å². The Bertz CT molecular complexity index is 298. The maximum atomic E-state index is 10.8. The van der Waals surface area contributed by atoms with Crippen LogP contribution in [0.5, 0.6) is 5.88 Å². The van der Waals surface area contributed by atoms with E-state index in [4.69, 9.17) is 4.74 Å². The summed E-state index contributed by atoms with van der Waals surface area (Å²) in [6.45, 7) is 0.0595. The summed E-state index contributed by atoms with van der Waals surface area (Å²) in [5, 5.41) is 2.63. The van der Waals surface area contributed by atoms with Crippen LogP contribution in [0, 0.1) is 0 Å². The molecule has 0 radical (unpaired) electrons. The number of nitrogens with zero attached hydrogens (tertiary/aromatic N) is 1. The number of hydrogen-bond donors (Lipinski definition) is 1. The second-order valence-corrected chi connectivity index (χ2v) is 2.19. The molecule has 0 atom stereocenters. The van der Waals surface area contributed by atoms with Gasteiger partial charge in [-0.15, -0.1) is 0 Å². The standard InChI is InChI=1S/C7H6N2O2/c10-6-4-11-7-5(9-6)2-1-3-8-7/h1-3H,4H2,(H,9,10). The van der Waals surface area contributed by atoms with E-state index in [0.29, 0.717) is 11.6 Å². The Labute approximate surface area is 63.2 Å². The van der Waals surface area contributed by atoms with Crippen LogP contribution in [0.4, 0.5) is 5.69 Å². The van der Waals surface area contributed by atoms with Gasteiger partial charge in [-0.1, -0.05) is 0 Å². The minimum absolute atomic E-state index is 0.0595. The van der Waals surface area contributed by atoms with Gasteiger partial charge in [0.25, 0.3) is 5.91 Å². The van der Waals surface area contributed by atoms with Gasteiger partial charge in [0, 0.05) is 6.20 Å². The first kappa shape index (κ1) is 6.15. The van der Waals surface area contributed by atoms with Gasteiger partial charge in [0.1, 0.15) is 5.69 Å². The fourth-order valence-electron chi connectivity index (χ4n) is 0.921. The van der Waals surface area contributed by atoms with Gasteiger partial charge < -0.3 is 10.1 Å². The number of rotatable bonds is 0. The highest BCUT2D eigenvalue weighted by molar-refractivity contribution is 5.94. The molecule has 0 unspecified atom stereocenters. The summed E-state index contributed by atoms with van der Waals surface area (Å²) in [5.41, 5.74) is 0.642. The van der Waals surface area contributed by atoms with E-state index in [9.17, 15) is 4.79 Å². The quantitative estimate of drug-likeness (QED) is 0.582. The molecular formula is C7H6N2O2. The number of nitrogens with one attached hydrogen (secondary N) is 1. The van der Waals surface area contributed by atoms with Crippen molar-refractivity contribution >= 4 is 11.6 Å². The number of fused-ring (bicyclic) bond motifs is 1. The molecule has 0 spiro atoms. The van der Waals surface area contributed by atoms with E-state index in [0.717, 1.165) is 0 Å². The maximum absolute atomic E-state index is 10.8. The van der Waals surface area contributed by atoms with Crippen molar-refractivity contribution in [3.05, 3.63) is 18.3 Å². The van der Waals surface area contributed by atoms with Gasteiger partial charge >= 0.3 is 0 Å². The highest BCUT2D eigenvalue weighted by Crippen LogP contribution is 2.22. The van der Waals surface area contributed by atoms with Crippen molar-refractivity contribution in [3.63, 3.8) is 0 Å². The maximum Gasteiger partial charge on any atom is 0.262 e. The molecule has 56 valence electrons. The highest BCUT2D eigenvalue weighted by atomic mass is 16.5. The first-order valence-corrected chi connectivity index (χ1v) is 3.24. The molecule has 0 aliphatic carbocycles. The minimum Gasteiger partial charge on any atom is -0.466 e. The van der Waals surface area contributed by atoms with Crippen LogP contribution in [-0.4, -0.2) is 17.5 Å². The topological polar surface area (TPSA) is 51.2 Å². The molecule has 2 rings (SSSR count). The summed E-state index contributed by atoms with van der Waals surface area (Å²) < 4.78 is 5.01. The second kappa shape index (κ2) is 2.23. The normalized spacial score (nSPS) is 14.7. The zero-order valence-corrected chi connectivity index (χ0v) is 5.70. The minimum atomic E-state index is -0.134. The van der Waals surface area contributed by atoms with Crippen molar-refractivity contribution in [2.45, 2.75) is 0 Å². The molecule has 1 aromatic rings. The molecule has 4 heteroatoms. The average Bonchev–Trinajstić information content (AvgIpc) is 2.04. The molecule has 0 fully saturated rings. The van der Waals surface area contributed by atoms with Crippen LogP contribution < -0.4 is 10.1 Å². The number of hydrogen-bond acceptors (Lipinski definition) is 3. The van der Waals surface area contributed by atoms with E-state index in [1.54, 1.807) is 18.3 Å². The number of aromatic nitrogens is 1. The van der Waals surface area contributed by atoms with Crippen LogP contribution in [0.2, 0.25) is 0 Å². The van der Waals surface area contributed by atoms with Crippen LogP contribution in [0.15, 0.2) is 18.3 Å². The van der Waals surface area contributed by atoms with E-state index in [-0.39, 0.29) is 12.5 Å². The van der Waals surface area contributed by atoms with Crippen molar-refractivity contribution in [3.8, 4) is 5.88 Å². The third-order valence-corrected chi connectivity index (χ3v) is 1.39. The molecule has 1 aliphatic heterocycles. The second-order valence-electron chi connectivity index (χ2n) is 2.19. The Morgan fingerprint density at radius 3 is 3.45 bits per heavy atom.